The lowest BCUT2D eigenvalue weighted by Crippen LogP contribution is -2.43. The van der Waals surface area contributed by atoms with Gasteiger partial charge in [0.2, 0.25) is 5.91 Å². The van der Waals surface area contributed by atoms with Crippen LogP contribution in [0.2, 0.25) is 0 Å². The number of hydrogen-bond donors (Lipinski definition) is 1. The van der Waals surface area contributed by atoms with E-state index in [0.29, 0.717) is 32.6 Å². The summed E-state index contributed by atoms with van der Waals surface area (Å²) >= 11 is 1.88. The maximum Gasteiger partial charge on any atom is 0.256 e. The molecule has 1 N–H and O–H groups in total. The van der Waals surface area contributed by atoms with E-state index in [0.717, 1.165) is 24.5 Å². The summed E-state index contributed by atoms with van der Waals surface area (Å²) in [5, 5.41) is 3.38. The smallest absolute Gasteiger partial charge is 0.256 e. The second-order valence-corrected chi connectivity index (χ2v) is 7.59. The van der Waals surface area contributed by atoms with Crippen molar-refractivity contribution in [1.82, 2.24) is 15.1 Å². The molecule has 2 saturated heterocycles. The zero-order chi connectivity index (χ0) is 17.6. The number of rotatable bonds is 3. The highest BCUT2D eigenvalue weighted by molar-refractivity contribution is 7.99. The fourth-order valence-electron chi connectivity index (χ4n) is 3.27. The minimum absolute atomic E-state index is 0.103. The fraction of sp³-hybridized carbons (Fsp3) is 0.556. The molecule has 1 aromatic carbocycles. The van der Waals surface area contributed by atoms with Gasteiger partial charge in [0.05, 0.1) is 5.56 Å². The molecule has 0 aliphatic carbocycles. The second-order valence-electron chi connectivity index (χ2n) is 6.44. The molecule has 2 aliphatic heterocycles. The summed E-state index contributed by atoms with van der Waals surface area (Å²) in [6.07, 6.45) is 1.23. The van der Waals surface area contributed by atoms with Gasteiger partial charge in [-0.05, 0) is 18.6 Å². The molecular formula is C18H24FN3O2S. The SMILES string of the molecule is O=C(CC1CSCCN1)N1CCCN(C(=O)c2ccccc2F)CC1. The third-order valence-electron chi connectivity index (χ3n) is 4.66. The van der Waals surface area contributed by atoms with Crippen molar-refractivity contribution < 1.29 is 14.0 Å². The first-order valence-electron chi connectivity index (χ1n) is 8.78. The van der Waals surface area contributed by atoms with Crippen LogP contribution in [0, 0.1) is 5.82 Å². The average molecular weight is 365 g/mol. The Morgan fingerprint density at radius 2 is 1.92 bits per heavy atom. The Morgan fingerprint density at radius 3 is 2.68 bits per heavy atom. The molecule has 0 spiro atoms. The molecule has 1 aromatic rings. The first kappa shape index (κ1) is 18.2. The predicted molar refractivity (Wildman–Crippen MR) is 97.2 cm³/mol. The quantitative estimate of drug-likeness (QED) is 0.884. The van der Waals surface area contributed by atoms with Crippen LogP contribution in [0.25, 0.3) is 0 Å². The standard InChI is InChI=1S/C18H24FN3O2S/c19-16-5-2-1-4-15(16)18(24)22-8-3-7-21(9-10-22)17(23)12-14-13-25-11-6-20-14/h1-2,4-5,14,20H,3,6-13H2. The molecule has 25 heavy (non-hydrogen) atoms. The van der Waals surface area contributed by atoms with Crippen LogP contribution in [0.5, 0.6) is 0 Å². The third-order valence-corrected chi connectivity index (χ3v) is 5.79. The second kappa shape index (κ2) is 8.67. The lowest BCUT2D eigenvalue weighted by atomic mass is 10.2. The Morgan fingerprint density at radius 1 is 1.16 bits per heavy atom. The minimum atomic E-state index is -0.495. The van der Waals surface area contributed by atoms with Gasteiger partial charge in [-0.15, -0.1) is 0 Å². The van der Waals surface area contributed by atoms with Gasteiger partial charge in [0, 0.05) is 56.7 Å². The molecule has 3 rings (SSSR count). The number of benzene rings is 1. The maximum atomic E-state index is 13.8. The van der Waals surface area contributed by atoms with E-state index in [9.17, 15) is 14.0 Å². The molecule has 0 bridgehead atoms. The van der Waals surface area contributed by atoms with Crippen molar-refractivity contribution in [1.29, 1.82) is 0 Å². The molecule has 1 unspecified atom stereocenters. The molecule has 7 heteroatoms. The molecule has 2 heterocycles. The van der Waals surface area contributed by atoms with Crippen LogP contribution in [-0.4, -0.2) is 71.9 Å². The summed E-state index contributed by atoms with van der Waals surface area (Å²) in [5.41, 5.74) is 0.103. The van der Waals surface area contributed by atoms with Gasteiger partial charge < -0.3 is 15.1 Å². The van der Waals surface area contributed by atoms with Crippen LogP contribution in [0.1, 0.15) is 23.2 Å². The van der Waals surface area contributed by atoms with Gasteiger partial charge in [-0.1, -0.05) is 12.1 Å². The predicted octanol–water partition coefficient (Wildman–Crippen LogP) is 1.60. The van der Waals surface area contributed by atoms with E-state index in [-0.39, 0.29) is 23.4 Å². The molecule has 2 aliphatic rings. The lowest BCUT2D eigenvalue weighted by molar-refractivity contribution is -0.131. The Kier molecular flexibility index (Phi) is 6.31. The first-order chi connectivity index (χ1) is 12.1. The number of nitrogens with one attached hydrogen (secondary N) is 1. The van der Waals surface area contributed by atoms with E-state index < -0.39 is 5.82 Å². The van der Waals surface area contributed by atoms with Gasteiger partial charge in [-0.2, -0.15) is 11.8 Å². The van der Waals surface area contributed by atoms with Crippen molar-refractivity contribution in [2.45, 2.75) is 18.9 Å². The molecule has 0 aromatic heterocycles. The van der Waals surface area contributed by atoms with E-state index in [1.165, 1.54) is 12.1 Å². The number of thioether (sulfide) groups is 1. The van der Waals surface area contributed by atoms with Crippen molar-refractivity contribution >= 4 is 23.6 Å². The molecule has 0 radical (unpaired) electrons. The van der Waals surface area contributed by atoms with Gasteiger partial charge in [0.15, 0.2) is 0 Å². The van der Waals surface area contributed by atoms with Crippen molar-refractivity contribution in [2.75, 3.05) is 44.2 Å². The van der Waals surface area contributed by atoms with Gasteiger partial charge >= 0.3 is 0 Å². The van der Waals surface area contributed by atoms with E-state index in [2.05, 4.69) is 5.32 Å². The molecule has 136 valence electrons. The summed E-state index contributed by atoms with van der Waals surface area (Å²) in [6.45, 7) is 3.12. The Bertz CT molecular complexity index is 622. The number of hydrogen-bond acceptors (Lipinski definition) is 4. The highest BCUT2D eigenvalue weighted by Gasteiger charge is 2.26. The highest BCUT2D eigenvalue weighted by atomic mass is 32.2. The first-order valence-corrected chi connectivity index (χ1v) is 9.93. The van der Waals surface area contributed by atoms with Crippen LogP contribution in [0.4, 0.5) is 4.39 Å². The molecule has 5 nitrogen and oxygen atoms in total. The number of nitrogens with zero attached hydrogens (tertiary/aromatic N) is 2. The lowest BCUT2D eigenvalue weighted by Gasteiger charge is -2.27. The maximum absolute atomic E-state index is 13.8. The normalized spacial score (nSPS) is 21.7. The summed E-state index contributed by atoms with van der Waals surface area (Å²) in [4.78, 5) is 28.6. The van der Waals surface area contributed by atoms with E-state index >= 15 is 0 Å². The van der Waals surface area contributed by atoms with Gasteiger partial charge in [0.25, 0.3) is 5.91 Å². The molecule has 1 atom stereocenters. The summed E-state index contributed by atoms with van der Waals surface area (Å²) in [6, 6.07) is 6.30. The van der Waals surface area contributed by atoms with E-state index in [1.807, 2.05) is 16.7 Å². The fourth-order valence-corrected chi connectivity index (χ4v) is 4.21. The summed E-state index contributed by atoms with van der Waals surface area (Å²) < 4.78 is 13.8. The van der Waals surface area contributed by atoms with Crippen LogP contribution in [0.3, 0.4) is 0 Å². The Labute approximate surface area is 151 Å². The highest BCUT2D eigenvalue weighted by Crippen LogP contribution is 2.15. The van der Waals surface area contributed by atoms with Crippen LogP contribution in [-0.2, 0) is 4.79 Å². The topological polar surface area (TPSA) is 52.7 Å². The van der Waals surface area contributed by atoms with Gasteiger partial charge in [0.1, 0.15) is 5.82 Å². The number of carbonyl (C=O) groups is 2. The molecular weight excluding hydrogens is 341 g/mol. The zero-order valence-electron chi connectivity index (χ0n) is 14.2. The van der Waals surface area contributed by atoms with E-state index in [4.69, 9.17) is 0 Å². The third kappa shape index (κ3) is 4.73. The average Bonchev–Trinajstić information content (AvgIpc) is 2.89. The number of amides is 2. The van der Waals surface area contributed by atoms with Crippen LogP contribution in [0.15, 0.2) is 24.3 Å². The van der Waals surface area contributed by atoms with Crippen molar-refractivity contribution in [3.63, 3.8) is 0 Å². The Hall–Kier alpha value is -1.60. The molecule has 2 fully saturated rings. The number of halogens is 1. The largest absolute Gasteiger partial charge is 0.341 e. The zero-order valence-corrected chi connectivity index (χ0v) is 15.1. The van der Waals surface area contributed by atoms with Gasteiger partial charge in [-0.25, -0.2) is 4.39 Å². The summed E-state index contributed by atoms with van der Waals surface area (Å²) in [5.74, 6) is 1.42. The van der Waals surface area contributed by atoms with Crippen molar-refractivity contribution in [3.8, 4) is 0 Å². The number of carbonyl (C=O) groups excluding carboxylic acids is 2. The van der Waals surface area contributed by atoms with Gasteiger partial charge in [-0.3, -0.25) is 9.59 Å². The summed E-state index contributed by atoms with van der Waals surface area (Å²) in [7, 11) is 0. The van der Waals surface area contributed by atoms with Crippen LogP contribution < -0.4 is 5.32 Å². The molecule has 2 amide bonds. The van der Waals surface area contributed by atoms with Crippen molar-refractivity contribution in [3.05, 3.63) is 35.6 Å². The van der Waals surface area contributed by atoms with E-state index in [1.54, 1.807) is 17.0 Å². The minimum Gasteiger partial charge on any atom is -0.341 e. The molecule has 0 saturated carbocycles. The monoisotopic (exact) mass is 365 g/mol. The Balaban J connectivity index is 1.55. The van der Waals surface area contributed by atoms with Crippen molar-refractivity contribution in [2.24, 2.45) is 0 Å². The van der Waals surface area contributed by atoms with Crippen LogP contribution >= 0.6 is 11.8 Å².